The van der Waals surface area contributed by atoms with E-state index in [-0.39, 0.29) is 18.1 Å². The summed E-state index contributed by atoms with van der Waals surface area (Å²) in [6.45, 7) is -0.274. The zero-order valence-corrected chi connectivity index (χ0v) is 13.5. The van der Waals surface area contributed by atoms with Gasteiger partial charge in [0.25, 0.3) is 5.91 Å². The molecule has 0 aliphatic carbocycles. The van der Waals surface area contributed by atoms with Gasteiger partial charge in [-0.1, -0.05) is 5.16 Å². The van der Waals surface area contributed by atoms with Crippen LogP contribution in [-0.4, -0.2) is 39.0 Å². The average Bonchev–Trinajstić information content (AvgIpc) is 3.00. The van der Waals surface area contributed by atoms with Gasteiger partial charge in [-0.15, -0.1) is 0 Å². The summed E-state index contributed by atoms with van der Waals surface area (Å²) in [6, 6.07) is 6.04. The average molecular weight is 362 g/mol. The first-order valence-electron chi connectivity index (χ1n) is 7.02. The molecule has 0 aliphatic rings. The van der Waals surface area contributed by atoms with Crippen molar-refractivity contribution in [3.8, 4) is 5.75 Å². The molecule has 1 aromatic heterocycles. The molecule has 0 aliphatic heterocycles. The summed E-state index contributed by atoms with van der Waals surface area (Å²) in [6.07, 6.45) is 0.925. The van der Waals surface area contributed by atoms with Gasteiger partial charge in [-0.2, -0.15) is 5.10 Å². The van der Waals surface area contributed by atoms with Crippen LogP contribution in [0, 0.1) is 10.1 Å². The number of aromatic nitrogens is 2. The SMILES string of the molecule is Cn1ncc([N+](=O)[O-])c1C(=O)O/N=C(\N)c1ccc(OCC(N)=O)cc1. The topological polar surface area (TPSA) is 178 Å². The number of amidine groups is 1. The van der Waals surface area contributed by atoms with Gasteiger partial charge in [-0.25, -0.2) is 4.79 Å². The number of ether oxygens (including phenoxy) is 1. The maximum atomic E-state index is 12.0. The predicted molar refractivity (Wildman–Crippen MR) is 87.1 cm³/mol. The van der Waals surface area contributed by atoms with Crippen LogP contribution in [0.1, 0.15) is 16.1 Å². The standard InChI is InChI=1S/C14H14N6O6/c1-19-12(10(6-17-19)20(23)24)14(22)26-18-13(16)8-2-4-9(5-3-8)25-7-11(15)21/h2-6H,7H2,1H3,(H2,15,21)(H2,16,18). The molecule has 0 fully saturated rings. The maximum Gasteiger partial charge on any atom is 0.390 e. The number of primary amides is 1. The van der Waals surface area contributed by atoms with E-state index in [0.717, 1.165) is 10.9 Å². The lowest BCUT2D eigenvalue weighted by Gasteiger charge is -2.05. The number of benzene rings is 1. The van der Waals surface area contributed by atoms with Crippen molar-refractivity contribution in [1.82, 2.24) is 9.78 Å². The van der Waals surface area contributed by atoms with E-state index in [1.54, 1.807) is 0 Å². The van der Waals surface area contributed by atoms with E-state index in [0.29, 0.717) is 11.3 Å². The molecule has 12 nitrogen and oxygen atoms in total. The lowest BCUT2D eigenvalue weighted by atomic mass is 10.2. The Morgan fingerprint density at radius 3 is 2.54 bits per heavy atom. The predicted octanol–water partition coefficient (Wildman–Crippen LogP) is -0.330. The number of nitro groups is 1. The maximum absolute atomic E-state index is 12.0. The highest BCUT2D eigenvalue weighted by atomic mass is 16.7. The van der Waals surface area contributed by atoms with E-state index in [9.17, 15) is 19.7 Å². The first kappa shape index (κ1) is 18.4. The minimum Gasteiger partial charge on any atom is -0.484 e. The number of hydrogen-bond donors (Lipinski definition) is 2. The molecular weight excluding hydrogens is 348 g/mol. The molecule has 2 rings (SSSR count). The summed E-state index contributed by atoms with van der Waals surface area (Å²) in [5.41, 5.74) is 10.2. The van der Waals surface area contributed by atoms with E-state index < -0.39 is 22.5 Å². The first-order chi connectivity index (χ1) is 12.3. The van der Waals surface area contributed by atoms with Crippen LogP contribution in [0.2, 0.25) is 0 Å². The zero-order valence-electron chi connectivity index (χ0n) is 13.5. The number of nitrogens with two attached hydrogens (primary N) is 2. The molecular formula is C14H14N6O6. The largest absolute Gasteiger partial charge is 0.484 e. The van der Waals surface area contributed by atoms with Crippen molar-refractivity contribution in [2.45, 2.75) is 0 Å². The summed E-state index contributed by atoms with van der Waals surface area (Å²) in [7, 11) is 1.35. The van der Waals surface area contributed by atoms with Gasteiger partial charge >= 0.3 is 11.7 Å². The summed E-state index contributed by atoms with van der Waals surface area (Å²) in [4.78, 5) is 37.4. The Labute approximate surface area is 146 Å². The van der Waals surface area contributed by atoms with Crippen LogP contribution in [0.5, 0.6) is 5.75 Å². The van der Waals surface area contributed by atoms with Crippen molar-refractivity contribution in [2.24, 2.45) is 23.7 Å². The normalized spacial score (nSPS) is 11.0. The van der Waals surface area contributed by atoms with Gasteiger partial charge in [-0.05, 0) is 24.3 Å². The number of rotatable bonds is 7. The lowest BCUT2D eigenvalue weighted by Crippen LogP contribution is -2.20. The summed E-state index contributed by atoms with van der Waals surface area (Å²) < 4.78 is 6.08. The highest BCUT2D eigenvalue weighted by molar-refractivity contribution is 5.98. The number of carbonyl (C=O) groups is 2. The Bertz CT molecular complexity index is 873. The Kier molecular flexibility index (Phi) is 5.47. The zero-order chi connectivity index (χ0) is 19.3. The third-order valence-electron chi connectivity index (χ3n) is 3.07. The highest BCUT2D eigenvalue weighted by Gasteiger charge is 2.27. The molecule has 0 saturated heterocycles. The molecule has 1 heterocycles. The minimum absolute atomic E-state index is 0.148. The molecule has 12 heteroatoms. The van der Waals surface area contributed by atoms with Crippen molar-refractivity contribution in [2.75, 3.05) is 6.61 Å². The van der Waals surface area contributed by atoms with Crippen LogP contribution in [0.25, 0.3) is 0 Å². The quantitative estimate of drug-likeness (QED) is 0.221. The van der Waals surface area contributed by atoms with E-state index in [4.69, 9.17) is 16.2 Å². The number of hydrogen-bond acceptors (Lipinski definition) is 8. The van der Waals surface area contributed by atoms with Crippen LogP contribution in [0.4, 0.5) is 5.69 Å². The number of amides is 1. The Morgan fingerprint density at radius 2 is 1.96 bits per heavy atom. The Balaban J connectivity index is 2.08. The van der Waals surface area contributed by atoms with Crippen molar-refractivity contribution >= 4 is 23.4 Å². The second-order valence-corrected chi connectivity index (χ2v) is 4.89. The molecule has 0 radical (unpaired) electrons. The molecule has 0 saturated carbocycles. The van der Waals surface area contributed by atoms with Gasteiger partial charge < -0.3 is 21.0 Å². The number of aryl methyl sites for hydroxylation is 1. The second-order valence-electron chi connectivity index (χ2n) is 4.89. The summed E-state index contributed by atoms with van der Waals surface area (Å²) in [5.74, 6) is -1.47. The molecule has 2 aromatic rings. The third kappa shape index (κ3) is 4.31. The molecule has 26 heavy (non-hydrogen) atoms. The molecule has 0 bridgehead atoms. The van der Waals surface area contributed by atoms with E-state index in [2.05, 4.69) is 15.1 Å². The fourth-order valence-corrected chi connectivity index (χ4v) is 1.86. The highest BCUT2D eigenvalue weighted by Crippen LogP contribution is 2.18. The number of carbonyl (C=O) groups excluding carboxylic acids is 2. The second kappa shape index (κ2) is 7.74. The summed E-state index contributed by atoms with van der Waals surface area (Å²) in [5, 5.41) is 18.0. The molecule has 1 aromatic carbocycles. The van der Waals surface area contributed by atoms with E-state index in [1.165, 1.54) is 31.3 Å². The van der Waals surface area contributed by atoms with Crippen molar-refractivity contribution in [3.05, 3.63) is 51.8 Å². The van der Waals surface area contributed by atoms with Gasteiger partial charge in [0.2, 0.25) is 5.69 Å². The Hall–Kier alpha value is -3.96. The van der Waals surface area contributed by atoms with Crippen LogP contribution >= 0.6 is 0 Å². The fraction of sp³-hybridized carbons (Fsp3) is 0.143. The molecule has 1 amide bonds. The summed E-state index contributed by atoms with van der Waals surface area (Å²) >= 11 is 0. The molecule has 0 unspecified atom stereocenters. The van der Waals surface area contributed by atoms with Crippen molar-refractivity contribution in [3.63, 3.8) is 0 Å². The first-order valence-corrected chi connectivity index (χ1v) is 7.02. The van der Waals surface area contributed by atoms with Crippen LogP contribution < -0.4 is 16.2 Å². The van der Waals surface area contributed by atoms with Crippen molar-refractivity contribution < 1.29 is 24.1 Å². The van der Waals surface area contributed by atoms with E-state index >= 15 is 0 Å². The fourth-order valence-electron chi connectivity index (χ4n) is 1.86. The van der Waals surface area contributed by atoms with Crippen LogP contribution in [0.15, 0.2) is 35.6 Å². The monoisotopic (exact) mass is 362 g/mol. The van der Waals surface area contributed by atoms with Gasteiger partial charge in [-0.3, -0.25) is 19.6 Å². The van der Waals surface area contributed by atoms with Gasteiger partial charge in [0, 0.05) is 12.6 Å². The Morgan fingerprint density at radius 1 is 1.31 bits per heavy atom. The van der Waals surface area contributed by atoms with Gasteiger partial charge in [0.05, 0.1) is 4.92 Å². The van der Waals surface area contributed by atoms with Crippen molar-refractivity contribution in [1.29, 1.82) is 0 Å². The molecule has 0 atom stereocenters. The van der Waals surface area contributed by atoms with E-state index in [1.807, 2.05) is 0 Å². The van der Waals surface area contributed by atoms with Gasteiger partial charge in [0.15, 0.2) is 12.4 Å². The lowest BCUT2D eigenvalue weighted by molar-refractivity contribution is -0.385. The van der Waals surface area contributed by atoms with Gasteiger partial charge in [0.1, 0.15) is 11.9 Å². The molecule has 4 N–H and O–H groups in total. The molecule has 136 valence electrons. The molecule has 0 spiro atoms. The smallest absolute Gasteiger partial charge is 0.390 e. The third-order valence-corrected chi connectivity index (χ3v) is 3.07. The minimum atomic E-state index is -1.08. The number of nitrogens with zero attached hydrogens (tertiary/aromatic N) is 4. The van der Waals surface area contributed by atoms with Crippen LogP contribution in [-0.2, 0) is 16.7 Å². The number of oxime groups is 1. The van der Waals surface area contributed by atoms with Crippen LogP contribution in [0.3, 0.4) is 0 Å².